The highest BCUT2D eigenvalue weighted by Crippen LogP contribution is 2.55. The van der Waals surface area contributed by atoms with Crippen molar-refractivity contribution in [3.63, 3.8) is 0 Å². The molecule has 6 aliphatic rings. The van der Waals surface area contributed by atoms with Crippen molar-refractivity contribution in [2.45, 2.75) is 85.8 Å². The van der Waals surface area contributed by atoms with Crippen molar-refractivity contribution in [1.82, 2.24) is 0 Å². The van der Waals surface area contributed by atoms with Gasteiger partial charge in [-0.25, -0.2) is 9.59 Å². The van der Waals surface area contributed by atoms with Crippen LogP contribution in [0.4, 0.5) is 0 Å². The average molecular weight is 877 g/mol. The maximum absolute atomic E-state index is 14.0. The number of allylic oxidation sites excluding steroid dienone is 2. The van der Waals surface area contributed by atoms with E-state index in [-0.39, 0.29) is 11.1 Å². The minimum absolute atomic E-state index is 0.102. The van der Waals surface area contributed by atoms with Crippen LogP contribution in [0.3, 0.4) is 0 Å². The van der Waals surface area contributed by atoms with E-state index in [1.165, 1.54) is 42.5 Å². The van der Waals surface area contributed by atoms with E-state index in [1.54, 1.807) is 0 Å². The summed E-state index contributed by atoms with van der Waals surface area (Å²) in [4.78, 5) is 55.0. The van der Waals surface area contributed by atoms with Gasteiger partial charge in [0.1, 0.15) is 62.0 Å². The smallest absolute Gasteiger partial charge is 0.347 e. The molecule has 22 heteroatoms. The second-order valence-corrected chi connectivity index (χ2v) is 15.5. The van der Waals surface area contributed by atoms with Gasteiger partial charge in [0.25, 0.3) is 0 Å². The molecular weight excluding hydrogens is 832 g/mol. The van der Waals surface area contributed by atoms with Gasteiger partial charge in [0.15, 0.2) is 34.6 Å². The van der Waals surface area contributed by atoms with Crippen molar-refractivity contribution in [2.24, 2.45) is 23.7 Å². The third kappa shape index (κ3) is 7.40. The lowest BCUT2D eigenvalue weighted by Crippen LogP contribution is -2.71. The van der Waals surface area contributed by atoms with E-state index in [4.69, 9.17) is 28.4 Å². The number of phenols is 2. The number of rotatable bonds is 12. The van der Waals surface area contributed by atoms with E-state index in [2.05, 4.69) is 0 Å². The van der Waals surface area contributed by atoms with Crippen molar-refractivity contribution in [3.05, 3.63) is 71.8 Å². The number of fused-ring (bicyclic) bond motifs is 1. The number of carbonyl (C=O) groups excluding carboxylic acids is 4. The van der Waals surface area contributed by atoms with Gasteiger partial charge in [-0.3, -0.25) is 9.59 Å². The Morgan fingerprint density at radius 2 is 1.10 bits per heavy atom. The van der Waals surface area contributed by atoms with Crippen molar-refractivity contribution in [1.29, 1.82) is 0 Å². The maximum Gasteiger partial charge on any atom is 0.347 e. The van der Waals surface area contributed by atoms with Gasteiger partial charge < -0.3 is 89.7 Å². The summed E-state index contributed by atoms with van der Waals surface area (Å²) in [6.45, 7) is -3.17. The highest BCUT2D eigenvalue weighted by atomic mass is 16.7. The van der Waals surface area contributed by atoms with E-state index in [0.717, 1.165) is 18.2 Å². The number of carbonyl (C=O) groups is 4. The van der Waals surface area contributed by atoms with Crippen molar-refractivity contribution >= 4 is 23.5 Å². The van der Waals surface area contributed by atoms with Crippen LogP contribution in [0.25, 0.3) is 0 Å². The van der Waals surface area contributed by atoms with Crippen LogP contribution in [0, 0.1) is 23.7 Å². The molecule has 2 aliphatic heterocycles. The first-order chi connectivity index (χ1) is 29.4. The Morgan fingerprint density at radius 1 is 0.629 bits per heavy atom. The van der Waals surface area contributed by atoms with Crippen LogP contribution in [0.2, 0.25) is 0 Å². The predicted molar refractivity (Wildman–Crippen MR) is 197 cm³/mol. The molecule has 4 aliphatic carbocycles. The van der Waals surface area contributed by atoms with Gasteiger partial charge in [-0.15, -0.1) is 0 Å². The summed E-state index contributed by atoms with van der Waals surface area (Å²) in [6, 6.07) is 7.48. The number of aromatic hydroxyl groups is 2. The summed E-state index contributed by atoms with van der Waals surface area (Å²) in [5.74, 6) is -13.6. The number of phenolic OH excluding ortho intramolecular Hbond substituents is 2. The third-order valence-corrected chi connectivity index (χ3v) is 11.9. The fourth-order valence-electron chi connectivity index (χ4n) is 8.49. The van der Waals surface area contributed by atoms with Crippen molar-refractivity contribution in [2.75, 3.05) is 13.2 Å². The van der Waals surface area contributed by atoms with Gasteiger partial charge in [0.05, 0.1) is 13.2 Å². The molecule has 62 heavy (non-hydrogen) atoms. The number of aliphatic hydroxyl groups excluding tert-OH is 8. The lowest BCUT2D eigenvalue weighted by atomic mass is 9.49. The van der Waals surface area contributed by atoms with Crippen LogP contribution in [0.1, 0.15) is 11.1 Å². The van der Waals surface area contributed by atoms with Gasteiger partial charge in [0.2, 0.25) is 23.8 Å². The highest BCUT2D eigenvalue weighted by molar-refractivity contribution is 6.16. The monoisotopic (exact) mass is 876 g/mol. The molecule has 2 aromatic rings. The third-order valence-electron chi connectivity index (χ3n) is 11.9. The zero-order chi connectivity index (χ0) is 45.0. The molecule has 2 bridgehead atoms. The summed E-state index contributed by atoms with van der Waals surface area (Å²) < 4.78 is 32.6. The first-order valence-corrected chi connectivity index (χ1v) is 19.2. The minimum Gasteiger partial charge on any atom is -0.504 e. The normalized spacial score (nSPS) is 38.6. The molecule has 2 heterocycles. The SMILES string of the molecule is O=C(OCc1cccc(O)c1O[C@@H]1O[C@H](CO)[C@@H](O)[C@H](O)[C@H]1O)C1(O)C(=O)C2C=CC1C1C=CC(=O)C(O)(C(=O)OCc3cccc(O)c3O[C@@H]3O[C@H](CO)[C@@H](O)[C@H](O)[C@H]3O)C21. The summed E-state index contributed by atoms with van der Waals surface area (Å²) in [7, 11) is 0. The second kappa shape index (κ2) is 17.2. The van der Waals surface area contributed by atoms with Crippen molar-refractivity contribution in [3.8, 4) is 23.0 Å². The van der Waals surface area contributed by atoms with Crippen LogP contribution in [-0.2, 0) is 51.3 Å². The second-order valence-electron chi connectivity index (χ2n) is 15.5. The van der Waals surface area contributed by atoms with Crippen LogP contribution < -0.4 is 9.47 Å². The summed E-state index contributed by atoms with van der Waals surface area (Å²) >= 11 is 0. The summed E-state index contributed by atoms with van der Waals surface area (Å²) in [5.41, 5.74) is -6.26. The lowest BCUT2D eigenvalue weighted by molar-refractivity contribution is -0.277. The number of ketones is 2. The Hall–Kier alpha value is -5.08. The minimum atomic E-state index is -3.08. The van der Waals surface area contributed by atoms with Gasteiger partial charge in [0, 0.05) is 28.9 Å². The topological polar surface area (TPSA) is 366 Å². The molecule has 0 radical (unpaired) electrons. The molecule has 0 aromatic heterocycles. The average Bonchev–Trinajstić information content (AvgIpc) is 3.26. The van der Waals surface area contributed by atoms with Gasteiger partial charge >= 0.3 is 11.9 Å². The Morgan fingerprint density at radius 3 is 1.56 bits per heavy atom. The highest BCUT2D eigenvalue weighted by Gasteiger charge is 2.71. The van der Waals surface area contributed by atoms with Crippen LogP contribution >= 0.6 is 0 Å². The predicted octanol–water partition coefficient (Wildman–Crippen LogP) is -4.54. The number of esters is 2. The Balaban J connectivity index is 1.07. The van der Waals surface area contributed by atoms with E-state index in [9.17, 15) is 80.5 Å². The summed E-state index contributed by atoms with van der Waals surface area (Å²) in [5, 5.41) is 125. The fourth-order valence-corrected chi connectivity index (χ4v) is 8.49. The maximum atomic E-state index is 14.0. The van der Waals surface area contributed by atoms with Crippen molar-refractivity contribution < 1.29 is 109 Å². The molecule has 0 spiro atoms. The largest absolute Gasteiger partial charge is 0.504 e. The lowest BCUT2D eigenvalue weighted by Gasteiger charge is -2.54. The number of para-hydroxylation sites is 2. The molecule has 336 valence electrons. The molecule has 6 unspecified atom stereocenters. The number of benzene rings is 2. The molecule has 3 fully saturated rings. The standard InChI is InChI=1S/C40H44O22/c41-11-22-26(46)28(48)30(50)35(59-22)61-32-15(3-1-5-20(32)43)13-57-37(53)39(55)19-9-7-18(34(39)52)25-17(19)8-10-24(45)40(25,56)38(54)58-14-16-4-2-6-21(44)33(16)62-36-31(51)29(49)27(47)23(12-42)60-36/h1-10,17-19,22-23,25-31,35-36,41-44,46-51,55-56H,11-14H2/t17?,18?,19?,22-,23-,25?,26-,27-,28+,29+,30-,31-,35+,36+,39?,40?/m1/s1. The Kier molecular flexibility index (Phi) is 12.5. The van der Waals surface area contributed by atoms with Gasteiger partial charge in [-0.2, -0.15) is 0 Å². The zero-order valence-corrected chi connectivity index (χ0v) is 32.1. The molecular formula is C40H44O22. The van der Waals surface area contributed by atoms with E-state index >= 15 is 0 Å². The molecule has 16 atom stereocenters. The molecule has 12 N–H and O–H groups in total. The molecule has 2 aromatic carbocycles. The molecule has 22 nitrogen and oxygen atoms in total. The van der Waals surface area contributed by atoms with Gasteiger partial charge in [-0.05, 0) is 24.1 Å². The molecule has 8 rings (SSSR count). The zero-order valence-electron chi connectivity index (χ0n) is 32.1. The first-order valence-electron chi connectivity index (χ1n) is 19.2. The molecule has 2 saturated heterocycles. The number of ether oxygens (including phenoxy) is 6. The first kappa shape index (κ1) is 45.0. The van der Waals surface area contributed by atoms with Crippen LogP contribution in [-0.4, -0.2) is 171 Å². The van der Waals surface area contributed by atoms with Crippen LogP contribution in [0.5, 0.6) is 23.0 Å². The Labute approximate surface area is 349 Å². The quantitative estimate of drug-likeness (QED) is 0.0543. The number of Topliss-reactive ketones (excluding diaryl/α,β-unsaturated/α-hetero) is 1. The number of hydrogen-bond acceptors (Lipinski definition) is 22. The Bertz CT molecular complexity index is 2120. The number of aliphatic hydroxyl groups is 10. The molecule has 1 saturated carbocycles. The fraction of sp³-hybridized carbons (Fsp3) is 0.500. The van der Waals surface area contributed by atoms with E-state index < -0.39 is 169 Å². The molecule has 0 amide bonds. The number of hydrogen-bond donors (Lipinski definition) is 12. The van der Waals surface area contributed by atoms with E-state index in [0.29, 0.717) is 0 Å². The van der Waals surface area contributed by atoms with E-state index in [1.807, 2.05) is 0 Å². The van der Waals surface area contributed by atoms with Gasteiger partial charge in [-0.1, -0.05) is 42.5 Å². The summed E-state index contributed by atoms with van der Waals surface area (Å²) in [6.07, 6.45) is -12.6. The van der Waals surface area contributed by atoms with Crippen LogP contribution in [0.15, 0.2) is 60.7 Å².